The van der Waals surface area contributed by atoms with E-state index in [2.05, 4.69) is 21.2 Å². The van der Waals surface area contributed by atoms with Crippen LogP contribution in [0.15, 0.2) is 112 Å². The van der Waals surface area contributed by atoms with Gasteiger partial charge in [0, 0.05) is 23.5 Å². The van der Waals surface area contributed by atoms with Crippen LogP contribution in [0.2, 0.25) is 10.0 Å². The molecule has 0 saturated heterocycles. The summed E-state index contributed by atoms with van der Waals surface area (Å²) in [6.45, 7) is -0.500. The molecule has 2 amide bonds. The summed E-state index contributed by atoms with van der Waals surface area (Å²) in [5.41, 5.74) is 1.82. The zero-order valence-electron chi connectivity index (χ0n) is 25.0. The maximum Gasteiger partial charge on any atom is 0.264 e. The van der Waals surface area contributed by atoms with Crippen LogP contribution in [0.4, 0.5) is 5.69 Å². The number of nitrogens with zero attached hydrogens (tertiary/aromatic N) is 2. The van der Waals surface area contributed by atoms with Crippen molar-refractivity contribution in [1.29, 1.82) is 0 Å². The van der Waals surface area contributed by atoms with Crippen LogP contribution in [0.5, 0.6) is 0 Å². The lowest BCUT2D eigenvalue weighted by Crippen LogP contribution is -2.54. The van der Waals surface area contributed by atoms with Gasteiger partial charge in [-0.2, -0.15) is 0 Å². The van der Waals surface area contributed by atoms with E-state index in [1.54, 1.807) is 18.2 Å². The lowest BCUT2D eigenvalue weighted by Gasteiger charge is -2.34. The fraction of sp³-hybridized carbons (Fsp3) is 0.257. The first-order valence-corrected chi connectivity index (χ1v) is 18.0. The number of carbonyl (C=O) groups excluding carboxylic acids is 2. The Labute approximate surface area is 288 Å². The molecule has 0 unspecified atom stereocenters. The molecule has 0 radical (unpaired) electrons. The van der Waals surface area contributed by atoms with Crippen molar-refractivity contribution in [3.05, 3.63) is 129 Å². The van der Waals surface area contributed by atoms with E-state index >= 15 is 0 Å². The van der Waals surface area contributed by atoms with Gasteiger partial charge in [0.05, 0.1) is 20.6 Å². The molecule has 0 heterocycles. The number of hydrogen-bond donors (Lipinski definition) is 1. The predicted octanol–water partition coefficient (Wildman–Crippen LogP) is 7.65. The second-order valence-electron chi connectivity index (χ2n) is 11.3. The molecule has 4 aromatic carbocycles. The summed E-state index contributed by atoms with van der Waals surface area (Å²) in [6.07, 6.45) is 4.07. The molecule has 4 aromatic rings. The van der Waals surface area contributed by atoms with E-state index in [1.165, 1.54) is 35.2 Å². The molecule has 1 saturated carbocycles. The SMILES string of the molecule is O=C(NC1CCCC1)[C@H](Cc1ccccc1)N(Cc1cccc(Br)c1)C(=O)CN(c1ccc(Cl)c(Cl)c1)S(=O)(=O)c1ccccc1. The third-order valence-corrected chi connectivity index (χ3v) is 11.0. The second kappa shape index (κ2) is 15.5. The summed E-state index contributed by atoms with van der Waals surface area (Å²) < 4.78 is 30.1. The van der Waals surface area contributed by atoms with Gasteiger partial charge in [-0.3, -0.25) is 13.9 Å². The Hall–Kier alpha value is -3.37. The number of nitrogens with one attached hydrogen (secondary N) is 1. The van der Waals surface area contributed by atoms with Gasteiger partial charge in [-0.1, -0.05) is 113 Å². The molecule has 1 atom stereocenters. The summed E-state index contributed by atoms with van der Waals surface area (Å²) in [7, 11) is -4.24. The van der Waals surface area contributed by atoms with Gasteiger partial charge in [-0.05, 0) is 66.4 Å². The Morgan fingerprint density at radius 1 is 0.826 bits per heavy atom. The third kappa shape index (κ3) is 8.50. The van der Waals surface area contributed by atoms with E-state index < -0.39 is 28.5 Å². The van der Waals surface area contributed by atoms with Crippen molar-refractivity contribution in [2.45, 2.75) is 55.6 Å². The van der Waals surface area contributed by atoms with Crippen molar-refractivity contribution < 1.29 is 18.0 Å². The highest BCUT2D eigenvalue weighted by Gasteiger charge is 2.35. The van der Waals surface area contributed by atoms with Gasteiger partial charge in [0.15, 0.2) is 0 Å². The summed E-state index contributed by atoms with van der Waals surface area (Å²) in [4.78, 5) is 30.2. The van der Waals surface area contributed by atoms with Crippen LogP contribution in [0.3, 0.4) is 0 Å². The van der Waals surface area contributed by atoms with Gasteiger partial charge < -0.3 is 10.2 Å². The molecule has 0 spiro atoms. The molecule has 5 rings (SSSR count). The van der Waals surface area contributed by atoms with E-state index in [-0.39, 0.29) is 45.5 Å². The van der Waals surface area contributed by atoms with Crippen molar-refractivity contribution in [3.8, 4) is 0 Å². The molecule has 0 bridgehead atoms. The van der Waals surface area contributed by atoms with E-state index in [4.69, 9.17) is 23.2 Å². The molecule has 0 aliphatic heterocycles. The molecule has 1 N–H and O–H groups in total. The number of anilines is 1. The number of hydrogen-bond acceptors (Lipinski definition) is 4. The molecular weight excluding hydrogens is 709 g/mol. The Balaban J connectivity index is 1.57. The van der Waals surface area contributed by atoms with Crippen LogP contribution < -0.4 is 9.62 Å². The monoisotopic (exact) mass is 741 g/mol. The highest BCUT2D eigenvalue weighted by Crippen LogP contribution is 2.31. The number of halogens is 3. The van der Waals surface area contributed by atoms with Gasteiger partial charge in [0.25, 0.3) is 10.0 Å². The summed E-state index contributed by atoms with van der Waals surface area (Å²) in [6, 6.07) is 28.4. The molecule has 11 heteroatoms. The average molecular weight is 744 g/mol. The van der Waals surface area contributed by atoms with Crippen molar-refractivity contribution in [2.24, 2.45) is 0 Å². The van der Waals surface area contributed by atoms with Crippen LogP contribution in [0, 0.1) is 0 Å². The second-order valence-corrected chi connectivity index (χ2v) is 14.9. The molecule has 1 aliphatic carbocycles. The maximum atomic E-state index is 14.6. The quantitative estimate of drug-likeness (QED) is 0.162. The van der Waals surface area contributed by atoms with Crippen LogP contribution in [-0.4, -0.2) is 43.8 Å². The third-order valence-electron chi connectivity index (χ3n) is 8.02. The number of amides is 2. The fourth-order valence-corrected chi connectivity index (χ4v) is 7.81. The smallest absolute Gasteiger partial charge is 0.264 e. The van der Waals surface area contributed by atoms with E-state index in [0.29, 0.717) is 0 Å². The van der Waals surface area contributed by atoms with E-state index in [1.807, 2.05) is 54.6 Å². The minimum atomic E-state index is -4.24. The van der Waals surface area contributed by atoms with Crippen molar-refractivity contribution in [3.63, 3.8) is 0 Å². The zero-order chi connectivity index (χ0) is 32.7. The first-order valence-electron chi connectivity index (χ1n) is 15.0. The lowest BCUT2D eigenvalue weighted by molar-refractivity contribution is -0.140. The number of benzene rings is 4. The first-order chi connectivity index (χ1) is 22.1. The Morgan fingerprint density at radius 2 is 1.48 bits per heavy atom. The Morgan fingerprint density at radius 3 is 2.13 bits per heavy atom. The molecule has 0 aromatic heterocycles. The Bertz CT molecular complexity index is 1770. The summed E-state index contributed by atoms with van der Waals surface area (Å²) in [5, 5.41) is 3.57. The molecule has 46 heavy (non-hydrogen) atoms. The van der Waals surface area contributed by atoms with E-state index in [0.717, 1.165) is 45.6 Å². The van der Waals surface area contributed by atoms with Gasteiger partial charge in [0.1, 0.15) is 12.6 Å². The van der Waals surface area contributed by atoms with Gasteiger partial charge in [-0.15, -0.1) is 0 Å². The lowest BCUT2D eigenvalue weighted by atomic mass is 10.0. The fourth-order valence-electron chi connectivity index (χ4n) is 5.64. The van der Waals surface area contributed by atoms with Gasteiger partial charge >= 0.3 is 0 Å². The molecule has 240 valence electrons. The molecule has 7 nitrogen and oxygen atoms in total. The Kier molecular flexibility index (Phi) is 11.4. The standard InChI is InChI=1S/C35H34BrCl2N3O4S/c36-27-13-9-12-26(20-27)23-40(33(21-25-10-3-1-4-11-25)35(43)39-28-14-7-8-15-28)34(42)24-41(29-18-19-31(37)32(38)22-29)46(44,45)30-16-5-2-6-17-30/h1-6,9-13,16-20,22,28,33H,7-8,14-15,21,23-24H2,(H,39,43)/t33-/m0/s1. The van der Waals surface area contributed by atoms with Crippen molar-refractivity contribution >= 4 is 66.7 Å². The summed E-state index contributed by atoms with van der Waals surface area (Å²) in [5.74, 6) is -0.820. The zero-order valence-corrected chi connectivity index (χ0v) is 28.9. The van der Waals surface area contributed by atoms with Gasteiger partial charge in [0.2, 0.25) is 11.8 Å². The predicted molar refractivity (Wildman–Crippen MR) is 186 cm³/mol. The first kappa shape index (κ1) is 34.0. The number of sulfonamides is 1. The van der Waals surface area contributed by atoms with Crippen LogP contribution in [0.25, 0.3) is 0 Å². The minimum Gasteiger partial charge on any atom is -0.352 e. The largest absolute Gasteiger partial charge is 0.352 e. The minimum absolute atomic E-state index is 0.00669. The van der Waals surface area contributed by atoms with Crippen molar-refractivity contribution in [2.75, 3.05) is 10.8 Å². The normalized spacial score (nSPS) is 14.1. The topological polar surface area (TPSA) is 86.8 Å². The van der Waals surface area contributed by atoms with Crippen LogP contribution in [-0.2, 0) is 32.6 Å². The van der Waals surface area contributed by atoms with E-state index in [9.17, 15) is 18.0 Å². The van der Waals surface area contributed by atoms with Crippen molar-refractivity contribution in [1.82, 2.24) is 10.2 Å². The highest BCUT2D eigenvalue weighted by molar-refractivity contribution is 9.10. The maximum absolute atomic E-state index is 14.6. The highest BCUT2D eigenvalue weighted by atomic mass is 79.9. The van der Waals surface area contributed by atoms with Crippen LogP contribution >= 0.6 is 39.1 Å². The number of rotatable bonds is 12. The molecule has 1 aliphatic rings. The van der Waals surface area contributed by atoms with Crippen LogP contribution in [0.1, 0.15) is 36.8 Å². The van der Waals surface area contributed by atoms with Gasteiger partial charge in [-0.25, -0.2) is 8.42 Å². The number of carbonyl (C=O) groups is 2. The molecule has 1 fully saturated rings. The summed E-state index contributed by atoms with van der Waals surface area (Å²) >= 11 is 16.0. The average Bonchev–Trinajstić information content (AvgIpc) is 3.56. The molecular formula is C35H34BrCl2N3O4S.